The maximum Gasteiger partial charge on any atom is 0.416 e. The highest BCUT2D eigenvalue weighted by atomic mass is 35.5. The maximum absolute atomic E-state index is 13.9. The standard InChI is InChI=1S/C12H11ClF5N/c13-10-3-8(12(16,17)18)1-2-9(10)11(14,15)4-7-5-19-6-7/h1-3,7,19H,4-6H2. The number of alkyl halides is 5. The Morgan fingerprint density at radius 2 is 1.79 bits per heavy atom. The first-order valence-corrected chi connectivity index (χ1v) is 6.04. The van der Waals surface area contributed by atoms with Gasteiger partial charge in [0.05, 0.1) is 10.6 Å². The quantitative estimate of drug-likeness (QED) is 0.830. The molecule has 0 unspecified atom stereocenters. The summed E-state index contributed by atoms with van der Waals surface area (Å²) in [7, 11) is 0. The summed E-state index contributed by atoms with van der Waals surface area (Å²) in [5.41, 5.74) is -1.57. The van der Waals surface area contributed by atoms with Gasteiger partial charge in [-0.1, -0.05) is 17.7 Å². The Labute approximate surface area is 111 Å². The van der Waals surface area contributed by atoms with E-state index in [2.05, 4.69) is 5.32 Å². The Morgan fingerprint density at radius 3 is 2.21 bits per heavy atom. The normalized spacial score (nSPS) is 17.4. The molecule has 106 valence electrons. The predicted molar refractivity (Wildman–Crippen MR) is 61.3 cm³/mol. The van der Waals surface area contributed by atoms with Gasteiger partial charge in [0.2, 0.25) is 0 Å². The van der Waals surface area contributed by atoms with Gasteiger partial charge in [0.15, 0.2) is 0 Å². The van der Waals surface area contributed by atoms with Gasteiger partial charge in [0.25, 0.3) is 5.92 Å². The van der Waals surface area contributed by atoms with Crippen LogP contribution < -0.4 is 5.32 Å². The first kappa shape index (κ1) is 14.5. The fourth-order valence-corrected chi connectivity index (χ4v) is 2.27. The molecule has 0 radical (unpaired) electrons. The molecule has 0 aliphatic carbocycles. The topological polar surface area (TPSA) is 12.0 Å². The molecular weight excluding hydrogens is 289 g/mol. The molecule has 1 nitrogen and oxygen atoms in total. The van der Waals surface area contributed by atoms with Crippen molar-refractivity contribution < 1.29 is 22.0 Å². The smallest absolute Gasteiger partial charge is 0.316 e. The minimum atomic E-state index is -4.59. The Bertz CT molecular complexity index is 468. The van der Waals surface area contributed by atoms with E-state index in [1.54, 1.807) is 0 Å². The molecule has 7 heteroatoms. The van der Waals surface area contributed by atoms with Crippen molar-refractivity contribution in [3.63, 3.8) is 0 Å². The van der Waals surface area contributed by atoms with Gasteiger partial charge in [-0.15, -0.1) is 0 Å². The highest BCUT2D eigenvalue weighted by molar-refractivity contribution is 6.31. The van der Waals surface area contributed by atoms with E-state index >= 15 is 0 Å². The van der Waals surface area contributed by atoms with E-state index in [9.17, 15) is 22.0 Å². The Kier molecular flexibility index (Phi) is 3.75. The summed E-state index contributed by atoms with van der Waals surface area (Å²) in [6.45, 7) is 0.988. The van der Waals surface area contributed by atoms with E-state index in [1.807, 2.05) is 0 Å². The Balaban J connectivity index is 2.24. The van der Waals surface area contributed by atoms with E-state index < -0.39 is 34.7 Å². The summed E-state index contributed by atoms with van der Waals surface area (Å²) in [5, 5.41) is 2.31. The van der Waals surface area contributed by atoms with Crippen molar-refractivity contribution in [1.82, 2.24) is 5.32 Å². The molecule has 1 saturated heterocycles. The van der Waals surface area contributed by atoms with Crippen LogP contribution >= 0.6 is 11.6 Å². The van der Waals surface area contributed by atoms with Gasteiger partial charge in [-0.05, 0) is 31.1 Å². The molecule has 0 amide bonds. The summed E-state index contributed by atoms with van der Waals surface area (Å²) in [6, 6.07) is 1.94. The molecule has 1 N–H and O–H groups in total. The molecule has 0 atom stereocenters. The number of nitrogens with one attached hydrogen (secondary N) is 1. The van der Waals surface area contributed by atoms with E-state index in [4.69, 9.17) is 11.6 Å². The lowest BCUT2D eigenvalue weighted by Gasteiger charge is -2.31. The lowest BCUT2D eigenvalue weighted by molar-refractivity contribution is -0.137. The Morgan fingerprint density at radius 1 is 1.16 bits per heavy atom. The number of halogens is 6. The van der Waals surface area contributed by atoms with E-state index in [-0.39, 0.29) is 5.92 Å². The van der Waals surface area contributed by atoms with Crippen LogP contribution in [0.2, 0.25) is 5.02 Å². The predicted octanol–water partition coefficient (Wildman–Crippen LogP) is 4.06. The number of hydrogen-bond acceptors (Lipinski definition) is 1. The molecule has 2 rings (SSSR count). The summed E-state index contributed by atoms with van der Waals surface area (Å²) < 4.78 is 65.1. The zero-order valence-electron chi connectivity index (χ0n) is 9.70. The molecule has 19 heavy (non-hydrogen) atoms. The van der Waals surface area contributed by atoms with Crippen molar-refractivity contribution in [2.75, 3.05) is 13.1 Å². The number of hydrogen-bond donors (Lipinski definition) is 1. The first-order chi connectivity index (χ1) is 8.70. The van der Waals surface area contributed by atoms with Gasteiger partial charge >= 0.3 is 6.18 Å². The van der Waals surface area contributed by atoms with Crippen LogP contribution in [0.3, 0.4) is 0 Å². The highest BCUT2D eigenvalue weighted by Gasteiger charge is 2.39. The largest absolute Gasteiger partial charge is 0.416 e. The molecular formula is C12H11ClF5N. The van der Waals surface area contributed by atoms with E-state index in [1.165, 1.54) is 0 Å². The fourth-order valence-electron chi connectivity index (χ4n) is 1.95. The van der Waals surface area contributed by atoms with Gasteiger partial charge in [-0.2, -0.15) is 13.2 Å². The minimum absolute atomic E-state index is 0.173. The van der Waals surface area contributed by atoms with Crippen molar-refractivity contribution >= 4 is 11.6 Å². The van der Waals surface area contributed by atoms with Crippen LogP contribution in [0.25, 0.3) is 0 Å². The van der Waals surface area contributed by atoms with Crippen LogP contribution in [-0.4, -0.2) is 13.1 Å². The van der Waals surface area contributed by atoms with Crippen molar-refractivity contribution in [2.24, 2.45) is 5.92 Å². The van der Waals surface area contributed by atoms with Gasteiger partial charge in [-0.3, -0.25) is 0 Å². The average Bonchev–Trinajstić information content (AvgIpc) is 2.22. The molecule has 1 aromatic rings. The van der Waals surface area contributed by atoms with Crippen LogP contribution in [-0.2, 0) is 12.1 Å². The molecule has 0 bridgehead atoms. The summed E-state index contributed by atoms with van der Waals surface area (Å²) in [6.07, 6.45) is -5.00. The third-order valence-corrected chi connectivity index (χ3v) is 3.41. The SMILES string of the molecule is FC(F)(F)c1ccc(C(F)(F)CC2CNC2)c(Cl)c1. The zero-order valence-corrected chi connectivity index (χ0v) is 10.5. The number of rotatable bonds is 3. The van der Waals surface area contributed by atoms with Crippen molar-refractivity contribution in [3.05, 3.63) is 34.3 Å². The molecule has 1 aliphatic heterocycles. The van der Waals surface area contributed by atoms with Crippen LogP contribution in [0.4, 0.5) is 22.0 Å². The highest BCUT2D eigenvalue weighted by Crippen LogP contribution is 2.41. The summed E-state index contributed by atoms with van der Waals surface area (Å²) >= 11 is 5.57. The first-order valence-electron chi connectivity index (χ1n) is 5.66. The second-order valence-electron chi connectivity index (χ2n) is 4.63. The van der Waals surface area contributed by atoms with E-state index in [0.29, 0.717) is 25.2 Å². The zero-order chi connectivity index (χ0) is 14.3. The molecule has 1 aromatic carbocycles. The van der Waals surface area contributed by atoms with Crippen LogP contribution in [0, 0.1) is 5.92 Å². The lowest BCUT2D eigenvalue weighted by atomic mass is 9.91. The summed E-state index contributed by atoms with van der Waals surface area (Å²) in [5.74, 6) is -3.39. The van der Waals surface area contributed by atoms with E-state index in [0.717, 1.165) is 6.07 Å². The molecule has 0 aromatic heterocycles. The monoisotopic (exact) mass is 299 g/mol. The molecule has 1 aliphatic rings. The number of benzene rings is 1. The van der Waals surface area contributed by atoms with Gasteiger partial charge in [-0.25, -0.2) is 8.78 Å². The van der Waals surface area contributed by atoms with Gasteiger partial charge < -0.3 is 5.32 Å². The van der Waals surface area contributed by atoms with Gasteiger partial charge in [0.1, 0.15) is 0 Å². The average molecular weight is 300 g/mol. The van der Waals surface area contributed by atoms with Crippen LogP contribution in [0.15, 0.2) is 18.2 Å². The molecule has 0 saturated carbocycles. The fraction of sp³-hybridized carbons (Fsp3) is 0.500. The third-order valence-electron chi connectivity index (χ3n) is 3.10. The van der Waals surface area contributed by atoms with Crippen molar-refractivity contribution in [3.8, 4) is 0 Å². The molecule has 0 spiro atoms. The van der Waals surface area contributed by atoms with Gasteiger partial charge in [0, 0.05) is 12.0 Å². The molecule has 1 fully saturated rings. The summed E-state index contributed by atoms with van der Waals surface area (Å²) in [4.78, 5) is 0. The van der Waals surface area contributed by atoms with Crippen LogP contribution in [0.1, 0.15) is 17.5 Å². The Hall–Kier alpha value is -0.880. The van der Waals surface area contributed by atoms with Crippen molar-refractivity contribution in [2.45, 2.75) is 18.5 Å². The maximum atomic E-state index is 13.9. The lowest BCUT2D eigenvalue weighted by Crippen LogP contribution is -2.44. The third kappa shape index (κ3) is 3.17. The second-order valence-corrected chi connectivity index (χ2v) is 5.03. The molecule has 1 heterocycles. The van der Waals surface area contributed by atoms with Crippen LogP contribution in [0.5, 0.6) is 0 Å². The van der Waals surface area contributed by atoms with Crippen molar-refractivity contribution in [1.29, 1.82) is 0 Å². The second kappa shape index (κ2) is 4.90. The minimum Gasteiger partial charge on any atom is -0.316 e.